The average Bonchev–Trinajstić information content (AvgIpc) is 3.26. The third-order valence-corrected chi connectivity index (χ3v) is 7.41. The molecule has 0 saturated heterocycles. The summed E-state index contributed by atoms with van der Waals surface area (Å²) < 4.78 is 31.7. The minimum absolute atomic E-state index is 0.203. The zero-order chi connectivity index (χ0) is 28.2. The van der Waals surface area contributed by atoms with Gasteiger partial charge in [0.05, 0.1) is 35.6 Å². The van der Waals surface area contributed by atoms with Crippen molar-refractivity contribution in [1.82, 2.24) is 4.57 Å². The van der Waals surface area contributed by atoms with Crippen molar-refractivity contribution in [3.8, 4) is 11.5 Å². The number of hydrogen-bond acceptors (Lipinski definition) is 7. The molecule has 4 aromatic rings. The van der Waals surface area contributed by atoms with Gasteiger partial charge in [0.15, 0.2) is 4.80 Å². The van der Waals surface area contributed by atoms with Crippen molar-refractivity contribution in [2.24, 2.45) is 4.99 Å². The van der Waals surface area contributed by atoms with E-state index < -0.39 is 12.0 Å². The van der Waals surface area contributed by atoms with Crippen LogP contribution < -0.4 is 24.4 Å². The van der Waals surface area contributed by atoms with Crippen LogP contribution in [0.5, 0.6) is 11.5 Å². The highest BCUT2D eigenvalue weighted by Crippen LogP contribution is 2.31. The topological polar surface area (TPSA) is 79.1 Å². The second-order valence-corrected chi connectivity index (χ2v) is 10.1. The molecule has 0 saturated carbocycles. The maximum atomic E-state index is 13.8. The van der Waals surface area contributed by atoms with Crippen LogP contribution in [0, 0.1) is 5.82 Å². The standard InChI is InChI=1S/C31H27FN2O5S/c1-4-38-30(36)27-19(2)33-31-34(28(27)22-10-14-24(37-3)15-11-22)29(35)26(40-31)17-21-6-5-7-25(16-21)39-18-20-8-12-23(32)13-9-20/h5-17,28H,4,18H2,1-3H3/t28-/m1/s1. The van der Waals surface area contributed by atoms with Gasteiger partial charge in [-0.3, -0.25) is 9.36 Å². The smallest absolute Gasteiger partial charge is 0.338 e. The number of halogens is 1. The van der Waals surface area contributed by atoms with Gasteiger partial charge >= 0.3 is 5.97 Å². The fourth-order valence-corrected chi connectivity index (χ4v) is 5.53. The fraction of sp³-hybridized carbons (Fsp3) is 0.194. The van der Waals surface area contributed by atoms with Crippen LogP contribution in [0.1, 0.15) is 36.6 Å². The van der Waals surface area contributed by atoms with Gasteiger partial charge < -0.3 is 14.2 Å². The van der Waals surface area contributed by atoms with E-state index in [1.165, 1.54) is 23.5 Å². The van der Waals surface area contributed by atoms with Crippen molar-refractivity contribution < 1.29 is 23.4 Å². The number of aromatic nitrogens is 1. The lowest BCUT2D eigenvalue weighted by atomic mass is 9.96. The van der Waals surface area contributed by atoms with Crippen LogP contribution in [-0.4, -0.2) is 24.3 Å². The number of ether oxygens (including phenoxy) is 3. The molecule has 3 aromatic carbocycles. The number of carbonyl (C=O) groups is 1. The molecule has 0 N–H and O–H groups in total. The molecule has 7 nitrogen and oxygen atoms in total. The molecule has 0 unspecified atom stereocenters. The Morgan fingerprint density at radius 1 is 1.07 bits per heavy atom. The van der Waals surface area contributed by atoms with E-state index in [9.17, 15) is 14.0 Å². The van der Waals surface area contributed by atoms with Crippen molar-refractivity contribution in [1.29, 1.82) is 0 Å². The van der Waals surface area contributed by atoms with Crippen LogP contribution in [-0.2, 0) is 16.1 Å². The monoisotopic (exact) mass is 558 g/mol. The summed E-state index contributed by atoms with van der Waals surface area (Å²) in [6.07, 6.45) is 1.78. The van der Waals surface area contributed by atoms with Gasteiger partial charge in [0, 0.05) is 0 Å². The molecule has 9 heteroatoms. The molecule has 1 aliphatic rings. The Morgan fingerprint density at radius 3 is 2.52 bits per heavy atom. The van der Waals surface area contributed by atoms with E-state index in [1.807, 2.05) is 36.4 Å². The molecule has 0 aliphatic carbocycles. The van der Waals surface area contributed by atoms with Gasteiger partial charge in [0.2, 0.25) is 0 Å². The van der Waals surface area contributed by atoms with Gasteiger partial charge in [0.25, 0.3) is 5.56 Å². The molecule has 204 valence electrons. The normalized spacial score (nSPS) is 14.9. The first-order chi connectivity index (χ1) is 19.4. The first kappa shape index (κ1) is 27.1. The quantitative estimate of drug-likeness (QED) is 0.297. The molecule has 5 rings (SSSR count). The van der Waals surface area contributed by atoms with Crippen LogP contribution >= 0.6 is 11.3 Å². The number of thiazole rings is 1. The SMILES string of the molecule is CCOC(=O)C1=C(C)N=c2sc(=Cc3cccc(OCc4ccc(F)cc4)c3)c(=O)n2[C@@H]1c1ccc(OC)cc1. The number of nitrogens with zero attached hydrogens (tertiary/aromatic N) is 2. The van der Waals surface area contributed by atoms with Gasteiger partial charge in [-0.1, -0.05) is 47.7 Å². The summed E-state index contributed by atoms with van der Waals surface area (Å²) in [7, 11) is 1.58. The summed E-state index contributed by atoms with van der Waals surface area (Å²) in [5.41, 5.74) is 2.90. The highest BCUT2D eigenvalue weighted by atomic mass is 32.1. The Balaban J connectivity index is 1.53. The lowest BCUT2D eigenvalue weighted by molar-refractivity contribution is -0.139. The van der Waals surface area contributed by atoms with Crippen LogP contribution in [0.2, 0.25) is 0 Å². The van der Waals surface area contributed by atoms with Crippen molar-refractivity contribution in [3.05, 3.63) is 126 Å². The van der Waals surface area contributed by atoms with E-state index in [0.29, 0.717) is 32.1 Å². The number of allylic oxidation sites excluding steroid dienone is 1. The minimum Gasteiger partial charge on any atom is -0.497 e. The Hall–Kier alpha value is -4.50. The molecule has 0 fully saturated rings. The number of hydrogen-bond donors (Lipinski definition) is 0. The van der Waals surface area contributed by atoms with Gasteiger partial charge in [-0.2, -0.15) is 0 Å². The lowest BCUT2D eigenvalue weighted by Gasteiger charge is -2.24. The maximum absolute atomic E-state index is 13.8. The minimum atomic E-state index is -0.700. The van der Waals surface area contributed by atoms with E-state index in [-0.39, 0.29) is 24.6 Å². The van der Waals surface area contributed by atoms with Gasteiger partial charge in [-0.25, -0.2) is 14.2 Å². The van der Waals surface area contributed by atoms with Crippen molar-refractivity contribution in [2.45, 2.75) is 26.5 Å². The molecule has 0 spiro atoms. The molecule has 0 radical (unpaired) electrons. The Morgan fingerprint density at radius 2 is 1.82 bits per heavy atom. The molecule has 2 heterocycles. The highest BCUT2D eigenvalue weighted by Gasteiger charge is 2.33. The summed E-state index contributed by atoms with van der Waals surface area (Å²) in [6.45, 7) is 3.98. The molecule has 0 amide bonds. The number of fused-ring (bicyclic) bond motifs is 1. The van der Waals surface area contributed by atoms with Crippen molar-refractivity contribution in [2.75, 3.05) is 13.7 Å². The average molecular weight is 559 g/mol. The van der Waals surface area contributed by atoms with E-state index in [1.54, 1.807) is 55.9 Å². The predicted molar refractivity (Wildman–Crippen MR) is 151 cm³/mol. The molecule has 40 heavy (non-hydrogen) atoms. The van der Waals surface area contributed by atoms with Crippen molar-refractivity contribution >= 4 is 23.4 Å². The molecule has 1 aromatic heterocycles. The van der Waals surface area contributed by atoms with E-state index in [2.05, 4.69) is 4.99 Å². The highest BCUT2D eigenvalue weighted by molar-refractivity contribution is 7.07. The van der Waals surface area contributed by atoms with Crippen LogP contribution in [0.25, 0.3) is 6.08 Å². The number of carbonyl (C=O) groups excluding carboxylic acids is 1. The molecular weight excluding hydrogens is 531 g/mol. The van der Waals surface area contributed by atoms with Crippen LogP contribution in [0.3, 0.4) is 0 Å². The van der Waals surface area contributed by atoms with Crippen molar-refractivity contribution in [3.63, 3.8) is 0 Å². The molecular formula is C31H27FN2O5S. The number of rotatable bonds is 8. The summed E-state index contributed by atoms with van der Waals surface area (Å²) in [5, 5.41) is 0. The van der Waals surface area contributed by atoms with E-state index in [0.717, 1.165) is 16.7 Å². The van der Waals surface area contributed by atoms with Gasteiger partial charge in [-0.05, 0) is 73.0 Å². The Labute approximate surface area is 234 Å². The Kier molecular flexibility index (Phi) is 7.93. The summed E-state index contributed by atoms with van der Waals surface area (Å²) in [6, 6.07) is 20.0. The summed E-state index contributed by atoms with van der Waals surface area (Å²) in [5.74, 6) is 0.467. The van der Waals surface area contributed by atoms with Gasteiger partial charge in [-0.15, -0.1) is 0 Å². The Bertz CT molecular complexity index is 1760. The predicted octanol–water partition coefficient (Wildman–Crippen LogP) is 4.53. The van der Waals surface area contributed by atoms with Gasteiger partial charge in [0.1, 0.15) is 23.9 Å². The summed E-state index contributed by atoms with van der Waals surface area (Å²) in [4.78, 5) is 31.9. The second kappa shape index (κ2) is 11.7. The van der Waals surface area contributed by atoms with Crippen LogP contribution in [0.4, 0.5) is 4.39 Å². The van der Waals surface area contributed by atoms with Crippen LogP contribution in [0.15, 0.2) is 93.9 Å². The summed E-state index contributed by atoms with van der Waals surface area (Å²) >= 11 is 1.25. The van der Waals surface area contributed by atoms with E-state index >= 15 is 0 Å². The third-order valence-electron chi connectivity index (χ3n) is 6.42. The zero-order valence-corrected chi connectivity index (χ0v) is 23.0. The number of esters is 1. The number of methoxy groups -OCH3 is 1. The first-order valence-electron chi connectivity index (χ1n) is 12.7. The molecule has 0 bridgehead atoms. The maximum Gasteiger partial charge on any atom is 0.338 e. The lowest BCUT2D eigenvalue weighted by Crippen LogP contribution is -2.39. The number of benzene rings is 3. The second-order valence-electron chi connectivity index (χ2n) is 9.06. The van der Waals surface area contributed by atoms with E-state index in [4.69, 9.17) is 14.2 Å². The fourth-order valence-electron chi connectivity index (χ4n) is 4.49. The first-order valence-corrected chi connectivity index (χ1v) is 13.5. The largest absolute Gasteiger partial charge is 0.497 e. The molecule has 1 atom stereocenters. The molecule has 1 aliphatic heterocycles. The zero-order valence-electron chi connectivity index (χ0n) is 22.2. The third kappa shape index (κ3) is 5.60.